The van der Waals surface area contributed by atoms with E-state index in [2.05, 4.69) is 24.2 Å². The molecule has 0 saturated carbocycles. The van der Waals surface area contributed by atoms with Crippen molar-refractivity contribution >= 4 is 11.6 Å². The highest BCUT2D eigenvalue weighted by molar-refractivity contribution is 5.95. The fourth-order valence-electron chi connectivity index (χ4n) is 1.31. The van der Waals surface area contributed by atoms with Gasteiger partial charge >= 0.3 is 0 Å². The molecule has 1 N–H and O–H groups in total. The van der Waals surface area contributed by atoms with Crippen molar-refractivity contribution in [3.05, 3.63) is 0 Å². The third-order valence-electron chi connectivity index (χ3n) is 1.89. The highest BCUT2D eigenvalue weighted by Crippen LogP contribution is 2.10. The van der Waals surface area contributed by atoms with Gasteiger partial charge in [-0.3, -0.25) is 9.79 Å². The number of nitrogens with zero attached hydrogens (tertiary/aromatic N) is 1. The summed E-state index contributed by atoms with van der Waals surface area (Å²) in [5.41, 5.74) is 1.03. The van der Waals surface area contributed by atoms with Crippen LogP contribution in [0.2, 0.25) is 0 Å². The molecule has 1 atom stereocenters. The SMILES string of the molecule is CC1=N[C@@H](CC(C)C)C(=O)NC1. The normalized spacial score (nSPS) is 23.8. The molecule has 1 aliphatic rings. The molecule has 0 spiro atoms. The molecular formula is C9H16N2O. The lowest BCUT2D eigenvalue weighted by Crippen LogP contribution is -2.42. The van der Waals surface area contributed by atoms with E-state index < -0.39 is 0 Å². The van der Waals surface area contributed by atoms with E-state index in [9.17, 15) is 4.79 Å². The van der Waals surface area contributed by atoms with Crippen LogP contribution < -0.4 is 5.32 Å². The Hall–Kier alpha value is -0.860. The molecule has 0 fully saturated rings. The number of rotatable bonds is 2. The van der Waals surface area contributed by atoms with Crippen molar-refractivity contribution < 1.29 is 4.79 Å². The Labute approximate surface area is 73.3 Å². The molecular weight excluding hydrogens is 152 g/mol. The molecule has 1 amide bonds. The lowest BCUT2D eigenvalue weighted by atomic mass is 10.0. The minimum Gasteiger partial charge on any atom is -0.349 e. The molecule has 0 aromatic carbocycles. The molecule has 3 heteroatoms. The van der Waals surface area contributed by atoms with Crippen molar-refractivity contribution in [1.29, 1.82) is 0 Å². The number of amides is 1. The van der Waals surface area contributed by atoms with Gasteiger partial charge in [-0.15, -0.1) is 0 Å². The standard InChI is InChI=1S/C9H16N2O/c1-6(2)4-8-9(12)10-5-7(3)11-8/h6,8H,4-5H2,1-3H3,(H,10,12)/t8-/m0/s1. The van der Waals surface area contributed by atoms with Gasteiger partial charge in [0.05, 0.1) is 6.54 Å². The minimum absolute atomic E-state index is 0.0781. The molecule has 68 valence electrons. The molecule has 0 aromatic heterocycles. The van der Waals surface area contributed by atoms with Gasteiger partial charge in [0.1, 0.15) is 6.04 Å². The van der Waals surface area contributed by atoms with E-state index >= 15 is 0 Å². The van der Waals surface area contributed by atoms with Gasteiger partial charge in [0, 0.05) is 5.71 Å². The van der Waals surface area contributed by atoms with E-state index in [1.807, 2.05) is 6.92 Å². The van der Waals surface area contributed by atoms with Gasteiger partial charge < -0.3 is 5.32 Å². The van der Waals surface area contributed by atoms with Crippen molar-refractivity contribution in [3.63, 3.8) is 0 Å². The van der Waals surface area contributed by atoms with Crippen molar-refractivity contribution in [2.45, 2.75) is 33.2 Å². The maximum Gasteiger partial charge on any atom is 0.245 e. The first-order valence-corrected chi connectivity index (χ1v) is 4.40. The number of carbonyl (C=O) groups is 1. The fourth-order valence-corrected chi connectivity index (χ4v) is 1.31. The van der Waals surface area contributed by atoms with Crippen LogP contribution in [0.3, 0.4) is 0 Å². The largest absolute Gasteiger partial charge is 0.349 e. The Kier molecular flexibility index (Phi) is 2.84. The predicted molar refractivity (Wildman–Crippen MR) is 49.4 cm³/mol. The lowest BCUT2D eigenvalue weighted by molar-refractivity contribution is -0.122. The molecule has 0 bridgehead atoms. The molecule has 1 aliphatic heterocycles. The number of hydrogen-bond donors (Lipinski definition) is 1. The molecule has 0 radical (unpaired) electrons. The Morgan fingerprint density at radius 1 is 1.67 bits per heavy atom. The third kappa shape index (κ3) is 2.32. The van der Waals surface area contributed by atoms with Gasteiger partial charge in [0.2, 0.25) is 5.91 Å². The van der Waals surface area contributed by atoms with Crippen LogP contribution in [0.15, 0.2) is 4.99 Å². The summed E-state index contributed by atoms with van der Waals surface area (Å²) in [6, 6.07) is -0.140. The van der Waals surface area contributed by atoms with E-state index in [1.54, 1.807) is 0 Å². The Morgan fingerprint density at radius 2 is 2.33 bits per heavy atom. The molecule has 12 heavy (non-hydrogen) atoms. The van der Waals surface area contributed by atoms with Gasteiger partial charge in [-0.1, -0.05) is 13.8 Å². The average Bonchev–Trinajstić information content (AvgIpc) is 1.96. The molecule has 0 aliphatic carbocycles. The minimum atomic E-state index is -0.140. The summed E-state index contributed by atoms with van der Waals surface area (Å²) in [5.74, 6) is 0.602. The van der Waals surface area contributed by atoms with E-state index in [1.165, 1.54) is 0 Å². The van der Waals surface area contributed by atoms with Crippen LogP contribution >= 0.6 is 0 Å². The Bertz CT molecular complexity index is 209. The van der Waals surface area contributed by atoms with Crippen LogP contribution in [0.4, 0.5) is 0 Å². The topological polar surface area (TPSA) is 41.5 Å². The highest BCUT2D eigenvalue weighted by atomic mass is 16.2. The zero-order valence-electron chi connectivity index (χ0n) is 7.92. The van der Waals surface area contributed by atoms with Crippen molar-refractivity contribution in [2.24, 2.45) is 10.9 Å². The number of aliphatic imine (C=N–C) groups is 1. The number of nitrogens with one attached hydrogen (secondary N) is 1. The first-order valence-electron chi connectivity index (χ1n) is 4.40. The van der Waals surface area contributed by atoms with Crippen LogP contribution in [-0.2, 0) is 4.79 Å². The molecule has 1 rings (SSSR count). The zero-order valence-corrected chi connectivity index (χ0v) is 7.92. The van der Waals surface area contributed by atoms with Crippen molar-refractivity contribution in [2.75, 3.05) is 6.54 Å². The van der Waals surface area contributed by atoms with Gasteiger partial charge in [0.15, 0.2) is 0 Å². The number of hydrogen-bond acceptors (Lipinski definition) is 2. The molecule has 0 unspecified atom stereocenters. The van der Waals surface area contributed by atoms with Gasteiger partial charge in [-0.25, -0.2) is 0 Å². The summed E-state index contributed by atoms with van der Waals surface area (Å²) in [6.07, 6.45) is 0.850. The monoisotopic (exact) mass is 168 g/mol. The van der Waals surface area contributed by atoms with Crippen LogP contribution in [0.5, 0.6) is 0 Å². The van der Waals surface area contributed by atoms with E-state index in [4.69, 9.17) is 0 Å². The third-order valence-corrected chi connectivity index (χ3v) is 1.89. The van der Waals surface area contributed by atoms with E-state index in [-0.39, 0.29) is 11.9 Å². The number of carbonyl (C=O) groups excluding carboxylic acids is 1. The van der Waals surface area contributed by atoms with Gasteiger partial charge in [0.25, 0.3) is 0 Å². The summed E-state index contributed by atoms with van der Waals surface area (Å²) in [6.45, 7) is 6.78. The summed E-state index contributed by atoms with van der Waals surface area (Å²) >= 11 is 0. The molecule has 0 aromatic rings. The fraction of sp³-hybridized carbons (Fsp3) is 0.778. The molecule has 0 saturated heterocycles. The van der Waals surface area contributed by atoms with Crippen LogP contribution in [0.1, 0.15) is 27.2 Å². The van der Waals surface area contributed by atoms with Crippen LogP contribution in [0, 0.1) is 5.92 Å². The van der Waals surface area contributed by atoms with E-state index in [0.29, 0.717) is 12.5 Å². The van der Waals surface area contributed by atoms with Crippen LogP contribution in [0.25, 0.3) is 0 Å². The predicted octanol–water partition coefficient (Wildman–Crippen LogP) is 0.992. The molecule has 1 heterocycles. The van der Waals surface area contributed by atoms with Crippen molar-refractivity contribution in [3.8, 4) is 0 Å². The lowest BCUT2D eigenvalue weighted by Gasteiger charge is -2.20. The highest BCUT2D eigenvalue weighted by Gasteiger charge is 2.21. The maximum atomic E-state index is 11.3. The second kappa shape index (κ2) is 3.70. The summed E-state index contributed by atoms with van der Waals surface area (Å²) in [7, 11) is 0. The Balaban J connectivity index is 2.60. The maximum absolute atomic E-state index is 11.3. The summed E-state index contributed by atoms with van der Waals surface area (Å²) in [5, 5.41) is 2.82. The van der Waals surface area contributed by atoms with Crippen molar-refractivity contribution in [1.82, 2.24) is 5.32 Å². The smallest absolute Gasteiger partial charge is 0.245 e. The quantitative estimate of drug-likeness (QED) is 0.656. The second-order valence-electron chi connectivity index (χ2n) is 3.73. The average molecular weight is 168 g/mol. The van der Waals surface area contributed by atoms with Gasteiger partial charge in [-0.05, 0) is 19.3 Å². The zero-order chi connectivity index (χ0) is 9.14. The van der Waals surface area contributed by atoms with Gasteiger partial charge in [-0.2, -0.15) is 0 Å². The Morgan fingerprint density at radius 3 is 2.92 bits per heavy atom. The summed E-state index contributed by atoms with van der Waals surface area (Å²) in [4.78, 5) is 15.6. The second-order valence-corrected chi connectivity index (χ2v) is 3.73. The summed E-state index contributed by atoms with van der Waals surface area (Å²) < 4.78 is 0. The first kappa shape index (κ1) is 9.23. The first-order chi connectivity index (χ1) is 5.59. The van der Waals surface area contributed by atoms with E-state index in [0.717, 1.165) is 12.1 Å². The van der Waals surface area contributed by atoms with Crippen LogP contribution in [-0.4, -0.2) is 24.2 Å². The molecule has 3 nitrogen and oxygen atoms in total.